The van der Waals surface area contributed by atoms with Gasteiger partial charge in [-0.3, -0.25) is 10.1 Å². The Morgan fingerprint density at radius 3 is 2.39 bits per heavy atom. The van der Waals surface area contributed by atoms with Crippen LogP contribution in [0.5, 0.6) is 0 Å². The molecule has 0 bridgehead atoms. The van der Waals surface area contributed by atoms with Gasteiger partial charge >= 0.3 is 6.03 Å². The summed E-state index contributed by atoms with van der Waals surface area (Å²) in [4.78, 5) is 26.7. The van der Waals surface area contributed by atoms with Crippen LogP contribution in [0.1, 0.15) is 25.0 Å². The highest BCUT2D eigenvalue weighted by Gasteiger charge is 2.15. The summed E-state index contributed by atoms with van der Waals surface area (Å²) in [7, 11) is 1.86. The Balaban J connectivity index is 1.57. The monoisotopic (exact) mass is 466 g/mol. The summed E-state index contributed by atoms with van der Waals surface area (Å²) in [6, 6.07) is 13.3. The van der Waals surface area contributed by atoms with Crippen molar-refractivity contribution in [2.24, 2.45) is 7.05 Å². The lowest BCUT2D eigenvalue weighted by Gasteiger charge is -2.21. The van der Waals surface area contributed by atoms with Gasteiger partial charge in [-0.1, -0.05) is 23.9 Å². The third-order valence-corrected chi connectivity index (χ3v) is 6.55. The zero-order chi connectivity index (χ0) is 24.0. The molecule has 0 unspecified atom stereocenters. The Kier molecular flexibility index (Phi) is 8.11. The highest BCUT2D eigenvalue weighted by molar-refractivity contribution is 7.99. The number of amides is 3. The van der Waals surface area contributed by atoms with E-state index >= 15 is 0 Å². The molecule has 2 aromatic carbocycles. The van der Waals surface area contributed by atoms with Gasteiger partial charge in [0.25, 0.3) is 0 Å². The van der Waals surface area contributed by atoms with Gasteiger partial charge in [0, 0.05) is 37.1 Å². The smallest absolute Gasteiger partial charge is 0.325 e. The van der Waals surface area contributed by atoms with E-state index in [4.69, 9.17) is 0 Å². The van der Waals surface area contributed by atoms with E-state index in [-0.39, 0.29) is 5.75 Å². The minimum Gasteiger partial charge on any atom is -0.372 e. The van der Waals surface area contributed by atoms with Gasteiger partial charge in [0.1, 0.15) is 0 Å². The Hall–Kier alpha value is -3.33. The molecule has 0 aliphatic carbocycles. The molecule has 1 aromatic heterocycles. The topological polar surface area (TPSA) is 92.2 Å². The first kappa shape index (κ1) is 24.3. The average molecular weight is 467 g/mol. The minimum atomic E-state index is -0.554. The van der Waals surface area contributed by atoms with Gasteiger partial charge in [0.15, 0.2) is 11.0 Å². The van der Waals surface area contributed by atoms with Crippen molar-refractivity contribution in [3.63, 3.8) is 0 Å². The first-order valence-corrected chi connectivity index (χ1v) is 11.9. The maximum atomic E-state index is 12.3. The molecule has 8 nitrogen and oxygen atoms in total. The fourth-order valence-corrected chi connectivity index (χ4v) is 4.15. The van der Waals surface area contributed by atoms with Crippen LogP contribution in [0.2, 0.25) is 0 Å². The molecule has 3 amide bonds. The van der Waals surface area contributed by atoms with E-state index in [1.807, 2.05) is 49.7 Å². The fraction of sp³-hybridized carbons (Fsp3) is 0.333. The highest BCUT2D eigenvalue weighted by Crippen LogP contribution is 2.25. The van der Waals surface area contributed by atoms with E-state index < -0.39 is 11.9 Å². The largest absolute Gasteiger partial charge is 0.372 e. The third-order valence-electron chi connectivity index (χ3n) is 5.53. The molecular formula is C24H30N6O2S. The second-order valence-electron chi connectivity index (χ2n) is 7.62. The summed E-state index contributed by atoms with van der Waals surface area (Å²) in [5.41, 5.74) is 4.82. The fourth-order valence-electron chi connectivity index (χ4n) is 3.43. The van der Waals surface area contributed by atoms with Crippen LogP contribution in [-0.2, 0) is 11.8 Å². The zero-order valence-corrected chi connectivity index (χ0v) is 20.5. The number of carbonyl (C=O) groups excluding carboxylic acids is 2. The Morgan fingerprint density at radius 1 is 1.03 bits per heavy atom. The molecule has 0 saturated carbocycles. The predicted octanol–water partition coefficient (Wildman–Crippen LogP) is 4.39. The summed E-state index contributed by atoms with van der Waals surface area (Å²) < 4.78 is 1.85. The SMILES string of the molecule is CCN(CC)c1ccc(-c2nnc(SCC(=O)NC(=O)Nc3cccc(C)c3C)n2C)cc1. The third kappa shape index (κ3) is 5.92. The number of anilines is 2. The number of aromatic nitrogens is 3. The quantitative estimate of drug-likeness (QED) is 0.479. The van der Waals surface area contributed by atoms with Crippen molar-refractivity contribution in [2.45, 2.75) is 32.9 Å². The molecule has 0 spiro atoms. The van der Waals surface area contributed by atoms with Crippen LogP contribution in [0.4, 0.5) is 16.2 Å². The lowest BCUT2D eigenvalue weighted by atomic mass is 10.1. The van der Waals surface area contributed by atoms with E-state index in [0.29, 0.717) is 10.8 Å². The van der Waals surface area contributed by atoms with Gasteiger partial charge in [0.2, 0.25) is 5.91 Å². The van der Waals surface area contributed by atoms with Crippen molar-refractivity contribution in [3.8, 4) is 11.4 Å². The number of nitrogens with one attached hydrogen (secondary N) is 2. The Bertz CT molecular complexity index is 1120. The second-order valence-corrected chi connectivity index (χ2v) is 8.57. The lowest BCUT2D eigenvalue weighted by molar-refractivity contribution is -0.117. The number of thioether (sulfide) groups is 1. The molecule has 3 aromatic rings. The number of aryl methyl sites for hydroxylation is 1. The standard InChI is InChI=1S/C24H30N6O2S/c1-6-30(7-2)19-13-11-18(12-14-19)22-27-28-24(29(22)5)33-15-21(31)26-23(32)25-20-10-8-9-16(3)17(20)4/h8-14H,6-7,15H2,1-5H3,(H2,25,26,31,32). The molecule has 0 fully saturated rings. The van der Waals surface area contributed by atoms with Gasteiger partial charge < -0.3 is 14.8 Å². The second kappa shape index (κ2) is 11.0. The summed E-state index contributed by atoms with van der Waals surface area (Å²) >= 11 is 1.23. The Labute approximate surface area is 198 Å². The Morgan fingerprint density at radius 2 is 1.73 bits per heavy atom. The van der Waals surface area contributed by atoms with Gasteiger partial charge in [-0.25, -0.2) is 4.79 Å². The summed E-state index contributed by atoms with van der Waals surface area (Å²) in [6.07, 6.45) is 0. The van der Waals surface area contributed by atoms with Gasteiger partial charge in [-0.2, -0.15) is 0 Å². The van der Waals surface area contributed by atoms with E-state index in [2.05, 4.69) is 51.7 Å². The minimum absolute atomic E-state index is 0.0487. The van der Waals surface area contributed by atoms with Crippen molar-refractivity contribution in [1.29, 1.82) is 0 Å². The molecule has 0 aliphatic rings. The number of benzene rings is 2. The van der Waals surface area contributed by atoms with Crippen molar-refractivity contribution in [2.75, 3.05) is 29.1 Å². The maximum absolute atomic E-state index is 12.3. The van der Waals surface area contributed by atoms with E-state index in [9.17, 15) is 9.59 Å². The summed E-state index contributed by atoms with van der Waals surface area (Å²) in [5, 5.41) is 14.2. The number of urea groups is 1. The van der Waals surface area contributed by atoms with Crippen LogP contribution in [-0.4, -0.2) is 45.5 Å². The molecule has 0 atom stereocenters. The molecule has 3 rings (SSSR count). The van der Waals surface area contributed by atoms with Gasteiger partial charge in [0.05, 0.1) is 5.75 Å². The number of hydrogen-bond donors (Lipinski definition) is 2. The molecule has 174 valence electrons. The van der Waals surface area contributed by atoms with Crippen LogP contribution in [0.25, 0.3) is 11.4 Å². The van der Waals surface area contributed by atoms with Crippen molar-refractivity contribution in [1.82, 2.24) is 20.1 Å². The maximum Gasteiger partial charge on any atom is 0.325 e. The highest BCUT2D eigenvalue weighted by atomic mass is 32.2. The lowest BCUT2D eigenvalue weighted by Crippen LogP contribution is -2.35. The van der Waals surface area contributed by atoms with Crippen molar-refractivity contribution < 1.29 is 9.59 Å². The van der Waals surface area contributed by atoms with E-state index in [0.717, 1.165) is 41.3 Å². The number of carbonyl (C=O) groups is 2. The molecule has 0 saturated heterocycles. The normalized spacial score (nSPS) is 10.7. The van der Waals surface area contributed by atoms with Crippen LogP contribution < -0.4 is 15.5 Å². The molecule has 0 radical (unpaired) electrons. The molecule has 33 heavy (non-hydrogen) atoms. The zero-order valence-electron chi connectivity index (χ0n) is 19.7. The van der Waals surface area contributed by atoms with Crippen LogP contribution in [0, 0.1) is 13.8 Å². The van der Waals surface area contributed by atoms with Crippen molar-refractivity contribution in [3.05, 3.63) is 53.6 Å². The number of hydrogen-bond acceptors (Lipinski definition) is 6. The molecule has 0 aliphatic heterocycles. The molecule has 1 heterocycles. The average Bonchev–Trinajstić information content (AvgIpc) is 3.17. The first-order valence-electron chi connectivity index (χ1n) is 10.9. The van der Waals surface area contributed by atoms with Gasteiger partial charge in [-0.05, 0) is 69.2 Å². The predicted molar refractivity (Wildman–Crippen MR) is 134 cm³/mol. The first-order chi connectivity index (χ1) is 15.8. The summed E-state index contributed by atoms with van der Waals surface area (Å²) in [6.45, 7) is 10.1. The molecule has 9 heteroatoms. The van der Waals surface area contributed by atoms with E-state index in [1.54, 1.807) is 6.07 Å². The van der Waals surface area contributed by atoms with Crippen LogP contribution >= 0.6 is 11.8 Å². The number of imide groups is 1. The summed E-state index contributed by atoms with van der Waals surface area (Å²) in [5.74, 6) is 0.361. The van der Waals surface area contributed by atoms with Crippen LogP contribution in [0.3, 0.4) is 0 Å². The molecular weight excluding hydrogens is 436 g/mol. The van der Waals surface area contributed by atoms with Crippen LogP contribution in [0.15, 0.2) is 47.6 Å². The van der Waals surface area contributed by atoms with Gasteiger partial charge in [-0.15, -0.1) is 10.2 Å². The molecule has 2 N–H and O–H groups in total. The van der Waals surface area contributed by atoms with Crippen molar-refractivity contribution >= 4 is 35.1 Å². The number of rotatable bonds is 8. The van der Waals surface area contributed by atoms with E-state index in [1.165, 1.54) is 11.8 Å². The number of nitrogens with zero attached hydrogens (tertiary/aromatic N) is 4.